The molecule has 4 N–H and O–H groups in total. The van der Waals surface area contributed by atoms with Crippen molar-refractivity contribution in [1.82, 2.24) is 4.98 Å². The van der Waals surface area contributed by atoms with Gasteiger partial charge in [0.1, 0.15) is 11.3 Å². The summed E-state index contributed by atoms with van der Waals surface area (Å²) in [5, 5.41) is 12.5. The van der Waals surface area contributed by atoms with Crippen LogP contribution in [0.5, 0.6) is 5.75 Å². The number of hydrogen-bond acceptors (Lipinski definition) is 3. The molecule has 6 nitrogen and oxygen atoms in total. The van der Waals surface area contributed by atoms with Crippen LogP contribution in [-0.4, -0.2) is 21.9 Å². The molecule has 0 unspecified atom stereocenters. The highest BCUT2D eigenvalue weighted by molar-refractivity contribution is 6.21. The highest BCUT2D eigenvalue weighted by Crippen LogP contribution is 2.43. The Balaban J connectivity index is 1.61. The van der Waals surface area contributed by atoms with E-state index in [-0.39, 0.29) is 17.2 Å². The molecule has 0 aliphatic carbocycles. The van der Waals surface area contributed by atoms with Crippen LogP contribution in [0.1, 0.15) is 31.8 Å². The Labute approximate surface area is 195 Å². The van der Waals surface area contributed by atoms with Gasteiger partial charge in [0, 0.05) is 27.5 Å². The molecule has 0 fully saturated rings. The number of para-hydroxylation sites is 1. The molecule has 1 aromatic heterocycles. The minimum atomic E-state index is -0.702. The maximum absolute atomic E-state index is 13.1. The van der Waals surface area contributed by atoms with Gasteiger partial charge >= 0.3 is 0 Å². The fourth-order valence-corrected chi connectivity index (χ4v) is 5.14. The summed E-state index contributed by atoms with van der Waals surface area (Å²) in [6, 6.07) is 22.8. The number of rotatable bonds is 3. The molecule has 166 valence electrons. The molecule has 0 saturated carbocycles. The summed E-state index contributed by atoms with van der Waals surface area (Å²) in [5.74, 6) is -0.914. The number of nitrogens with two attached hydrogens (primary N) is 1. The van der Waals surface area contributed by atoms with E-state index in [2.05, 4.69) is 4.98 Å². The number of hydrogen-bond donors (Lipinski definition) is 3. The molecule has 2 heterocycles. The number of aromatic nitrogens is 1. The fraction of sp³-hybridized carbons (Fsp3) is 0.0714. The third-order valence-electron chi connectivity index (χ3n) is 6.72. The van der Waals surface area contributed by atoms with Crippen molar-refractivity contribution in [2.24, 2.45) is 5.73 Å². The molecular formula is C28H21N3O3. The van der Waals surface area contributed by atoms with Crippen molar-refractivity contribution in [3.8, 4) is 16.9 Å². The van der Waals surface area contributed by atoms with E-state index in [4.69, 9.17) is 5.73 Å². The highest BCUT2D eigenvalue weighted by atomic mass is 16.3. The maximum atomic E-state index is 13.1. The molecule has 6 heteroatoms. The third-order valence-corrected chi connectivity index (χ3v) is 6.72. The summed E-state index contributed by atoms with van der Waals surface area (Å²) < 4.78 is 0. The zero-order chi connectivity index (χ0) is 23.6. The number of benzene rings is 4. The van der Waals surface area contributed by atoms with E-state index in [0.717, 1.165) is 49.8 Å². The second kappa shape index (κ2) is 7.22. The molecule has 0 radical (unpaired) electrons. The Morgan fingerprint density at radius 1 is 0.971 bits per heavy atom. The number of aromatic amines is 1. The van der Waals surface area contributed by atoms with Gasteiger partial charge in [-0.15, -0.1) is 0 Å². The van der Waals surface area contributed by atoms with E-state index in [1.54, 1.807) is 11.0 Å². The largest absolute Gasteiger partial charge is 0.507 e. The lowest BCUT2D eigenvalue weighted by Gasteiger charge is -2.21. The normalized spacial score (nSPS) is 13.1. The van der Waals surface area contributed by atoms with Crippen molar-refractivity contribution in [3.63, 3.8) is 0 Å². The summed E-state index contributed by atoms with van der Waals surface area (Å²) >= 11 is 0. The molecule has 1 aliphatic heterocycles. The molecule has 2 amide bonds. The molecule has 0 bridgehead atoms. The predicted octanol–water partition coefficient (Wildman–Crippen LogP) is 5.26. The van der Waals surface area contributed by atoms with Crippen molar-refractivity contribution in [2.75, 3.05) is 4.90 Å². The van der Waals surface area contributed by atoms with Gasteiger partial charge in [0.15, 0.2) is 0 Å². The van der Waals surface area contributed by atoms with Crippen LogP contribution in [0.15, 0.2) is 72.8 Å². The number of carbonyl (C=O) groups excluding carboxylic acids is 2. The Morgan fingerprint density at radius 2 is 1.71 bits per heavy atom. The fourth-order valence-electron chi connectivity index (χ4n) is 5.14. The lowest BCUT2D eigenvalue weighted by molar-refractivity contribution is 0.0989. The number of nitrogens with one attached hydrogen (secondary N) is 1. The minimum Gasteiger partial charge on any atom is -0.507 e. The van der Waals surface area contributed by atoms with Crippen molar-refractivity contribution in [3.05, 3.63) is 95.1 Å². The molecule has 4 aromatic carbocycles. The predicted molar refractivity (Wildman–Crippen MR) is 133 cm³/mol. The Hall–Kier alpha value is -4.58. The van der Waals surface area contributed by atoms with Crippen LogP contribution in [0.25, 0.3) is 32.9 Å². The summed E-state index contributed by atoms with van der Waals surface area (Å²) in [6.07, 6.45) is 0. The molecule has 0 saturated heterocycles. The van der Waals surface area contributed by atoms with E-state index in [0.29, 0.717) is 12.1 Å². The molecular weight excluding hydrogens is 426 g/mol. The van der Waals surface area contributed by atoms with E-state index in [1.165, 1.54) is 0 Å². The zero-order valence-corrected chi connectivity index (χ0v) is 18.4. The molecule has 1 aliphatic rings. The minimum absolute atomic E-state index is 0.0278. The topological polar surface area (TPSA) is 99.4 Å². The Kier molecular flexibility index (Phi) is 4.26. The first-order chi connectivity index (χ1) is 16.5. The number of phenols is 1. The van der Waals surface area contributed by atoms with Crippen molar-refractivity contribution < 1.29 is 14.7 Å². The van der Waals surface area contributed by atoms with Crippen molar-refractivity contribution in [2.45, 2.75) is 13.5 Å². The number of fused-ring (bicyclic) bond motifs is 4. The number of nitrogens with zero attached hydrogens (tertiary/aromatic N) is 1. The summed E-state index contributed by atoms with van der Waals surface area (Å²) in [6.45, 7) is 2.48. The lowest BCUT2D eigenvalue weighted by atomic mass is 9.92. The lowest BCUT2D eigenvalue weighted by Crippen LogP contribution is -2.24. The van der Waals surface area contributed by atoms with Crippen LogP contribution < -0.4 is 10.6 Å². The van der Waals surface area contributed by atoms with Crippen molar-refractivity contribution >= 4 is 39.3 Å². The van der Waals surface area contributed by atoms with Crippen LogP contribution in [0.2, 0.25) is 0 Å². The number of amides is 2. The second-order valence-electron chi connectivity index (χ2n) is 8.60. The van der Waals surface area contributed by atoms with Gasteiger partial charge in [0.25, 0.3) is 11.8 Å². The number of anilines is 1. The molecule has 6 rings (SSSR count). The summed E-state index contributed by atoms with van der Waals surface area (Å²) in [4.78, 5) is 30.4. The SMILES string of the molecule is Cc1c(-c2cc(O)c(C(N)=O)c3[nH]c4ccccc4c23)cccc1N1Cc2ccccc2C1=O. The smallest absolute Gasteiger partial charge is 0.258 e. The second-order valence-corrected chi connectivity index (χ2v) is 8.60. The molecule has 0 atom stereocenters. The van der Waals surface area contributed by atoms with E-state index < -0.39 is 5.91 Å². The third kappa shape index (κ3) is 2.75. The van der Waals surface area contributed by atoms with Gasteiger partial charge in [-0.2, -0.15) is 0 Å². The van der Waals surface area contributed by atoms with Gasteiger partial charge in [0.05, 0.1) is 12.1 Å². The van der Waals surface area contributed by atoms with Crippen LogP contribution >= 0.6 is 0 Å². The van der Waals surface area contributed by atoms with Gasteiger partial charge in [-0.3, -0.25) is 9.59 Å². The average Bonchev–Trinajstić information content (AvgIpc) is 3.36. The van der Waals surface area contributed by atoms with Crippen LogP contribution in [-0.2, 0) is 6.54 Å². The Morgan fingerprint density at radius 3 is 2.50 bits per heavy atom. The quantitative estimate of drug-likeness (QED) is 0.352. The number of primary amides is 1. The summed E-state index contributed by atoms with van der Waals surface area (Å²) in [5.41, 5.74) is 12.1. The molecule has 5 aromatic rings. The molecule has 0 spiro atoms. The van der Waals surface area contributed by atoms with Gasteiger partial charge in [-0.25, -0.2) is 0 Å². The van der Waals surface area contributed by atoms with Gasteiger partial charge in [-0.05, 0) is 53.4 Å². The standard InChI is InChI=1S/C28H21N3O3/c1-15-17(10-6-12-22(15)31-14-16-7-2-3-8-18(16)28(31)34)20-13-23(32)25(27(29)33)26-24(20)19-9-4-5-11-21(19)30-26/h2-13,30,32H,14H2,1H3,(H2,29,33). The van der Waals surface area contributed by atoms with Gasteiger partial charge < -0.3 is 20.7 Å². The van der Waals surface area contributed by atoms with E-state index in [9.17, 15) is 14.7 Å². The average molecular weight is 447 g/mol. The van der Waals surface area contributed by atoms with Gasteiger partial charge in [0.2, 0.25) is 0 Å². The first-order valence-electron chi connectivity index (χ1n) is 11.0. The highest BCUT2D eigenvalue weighted by Gasteiger charge is 2.30. The van der Waals surface area contributed by atoms with Crippen LogP contribution in [0.4, 0.5) is 5.69 Å². The molecule has 34 heavy (non-hydrogen) atoms. The van der Waals surface area contributed by atoms with Crippen molar-refractivity contribution in [1.29, 1.82) is 0 Å². The zero-order valence-electron chi connectivity index (χ0n) is 18.4. The number of H-pyrrole nitrogens is 1. The summed E-state index contributed by atoms with van der Waals surface area (Å²) in [7, 11) is 0. The first-order valence-corrected chi connectivity index (χ1v) is 11.0. The number of carbonyl (C=O) groups is 2. The first kappa shape index (κ1) is 20.1. The van der Waals surface area contributed by atoms with Crippen LogP contribution in [0, 0.1) is 6.92 Å². The Bertz CT molecular complexity index is 1670. The van der Waals surface area contributed by atoms with Crippen LogP contribution in [0.3, 0.4) is 0 Å². The van der Waals surface area contributed by atoms with E-state index in [1.807, 2.05) is 73.7 Å². The maximum Gasteiger partial charge on any atom is 0.258 e. The number of aromatic hydroxyl groups is 1. The van der Waals surface area contributed by atoms with Gasteiger partial charge in [-0.1, -0.05) is 48.5 Å². The monoisotopic (exact) mass is 447 g/mol. The van der Waals surface area contributed by atoms with E-state index >= 15 is 0 Å².